The van der Waals surface area contributed by atoms with Crippen LogP contribution < -0.4 is 5.73 Å². The molecule has 1 fully saturated rings. The summed E-state index contributed by atoms with van der Waals surface area (Å²) in [5.74, 6) is 1.42. The molecule has 0 saturated carbocycles. The lowest BCUT2D eigenvalue weighted by atomic mass is 9.95. The van der Waals surface area contributed by atoms with Crippen LogP contribution in [0.4, 0.5) is 0 Å². The van der Waals surface area contributed by atoms with Crippen molar-refractivity contribution < 1.29 is 9.53 Å². The molecule has 1 aromatic heterocycles. The number of imidazole rings is 1. The second-order valence-electron chi connectivity index (χ2n) is 10.5. The number of hydrogen-bond donors (Lipinski definition) is 1. The van der Waals surface area contributed by atoms with Gasteiger partial charge in [-0.15, -0.1) is 0 Å². The smallest absolute Gasteiger partial charge is 0.224 e. The zero-order valence-corrected chi connectivity index (χ0v) is 23.3. The average Bonchev–Trinajstić information content (AvgIpc) is 3.33. The number of halogens is 1. The molecule has 2 atom stereocenters. The molecule has 0 spiro atoms. The number of methoxy groups -OCH3 is 1. The normalized spacial score (nSPS) is 16.5. The van der Waals surface area contributed by atoms with E-state index in [-0.39, 0.29) is 17.9 Å². The second kappa shape index (κ2) is 12.8. The number of benzene rings is 3. The van der Waals surface area contributed by atoms with Crippen LogP contribution >= 0.6 is 11.6 Å². The van der Waals surface area contributed by atoms with Gasteiger partial charge in [0.05, 0.1) is 11.0 Å². The van der Waals surface area contributed by atoms with E-state index in [0.29, 0.717) is 26.0 Å². The Bertz CT molecular complexity index is 1400. The SMILES string of the molecule is COCCCn1c(C2CCCN(C(=O)CC(N)Cc3ccc(-c4ccccc4Cl)cc3)C2)nc2ccccc21. The van der Waals surface area contributed by atoms with Crippen LogP contribution in [-0.2, 0) is 22.5 Å². The van der Waals surface area contributed by atoms with Crippen molar-refractivity contribution in [2.45, 2.75) is 50.6 Å². The molecule has 0 bridgehead atoms. The van der Waals surface area contributed by atoms with Crippen molar-refractivity contribution in [2.75, 3.05) is 26.8 Å². The molecule has 5 rings (SSSR count). The van der Waals surface area contributed by atoms with Crippen molar-refractivity contribution in [1.82, 2.24) is 14.5 Å². The molecule has 2 unspecified atom stereocenters. The highest BCUT2D eigenvalue weighted by molar-refractivity contribution is 6.33. The molecule has 204 valence electrons. The molecule has 1 aliphatic heterocycles. The van der Waals surface area contributed by atoms with Gasteiger partial charge in [0.15, 0.2) is 0 Å². The number of carbonyl (C=O) groups is 1. The fraction of sp³-hybridized carbons (Fsp3) is 0.375. The van der Waals surface area contributed by atoms with Crippen molar-refractivity contribution in [3.05, 3.63) is 89.2 Å². The standard InChI is InChI=1S/C32H37ClN4O2/c1-39-19-7-18-37-30-12-5-4-11-29(30)35-32(37)25-8-6-17-36(22-25)31(38)21-26(34)20-23-13-15-24(16-14-23)27-9-2-3-10-28(27)33/h2-5,9-16,25-26H,6-8,17-22,34H2,1H3. The Morgan fingerprint density at radius 2 is 1.87 bits per heavy atom. The Morgan fingerprint density at radius 1 is 1.10 bits per heavy atom. The highest BCUT2D eigenvalue weighted by Gasteiger charge is 2.29. The van der Waals surface area contributed by atoms with E-state index in [1.807, 2.05) is 35.2 Å². The Kier molecular flexibility index (Phi) is 8.97. The van der Waals surface area contributed by atoms with Gasteiger partial charge >= 0.3 is 0 Å². The van der Waals surface area contributed by atoms with Gasteiger partial charge in [-0.1, -0.05) is 66.2 Å². The minimum absolute atomic E-state index is 0.127. The molecule has 4 aromatic rings. The van der Waals surface area contributed by atoms with Crippen molar-refractivity contribution in [2.24, 2.45) is 5.73 Å². The number of piperidine rings is 1. The third-order valence-electron chi connectivity index (χ3n) is 7.63. The number of likely N-dealkylation sites (tertiary alicyclic amines) is 1. The van der Waals surface area contributed by atoms with E-state index in [4.69, 9.17) is 27.1 Å². The zero-order valence-electron chi connectivity index (χ0n) is 22.6. The first-order valence-corrected chi connectivity index (χ1v) is 14.2. The predicted octanol–water partition coefficient (Wildman–Crippen LogP) is 6.06. The van der Waals surface area contributed by atoms with Gasteiger partial charge in [0.2, 0.25) is 5.91 Å². The van der Waals surface area contributed by atoms with Crippen LogP contribution in [0.1, 0.15) is 43.0 Å². The molecule has 0 radical (unpaired) electrons. The van der Waals surface area contributed by atoms with Gasteiger partial charge in [-0.25, -0.2) is 4.98 Å². The van der Waals surface area contributed by atoms with Crippen molar-refractivity contribution in [1.29, 1.82) is 0 Å². The Morgan fingerprint density at radius 3 is 2.67 bits per heavy atom. The summed E-state index contributed by atoms with van der Waals surface area (Å²) in [7, 11) is 1.73. The van der Waals surface area contributed by atoms with Crippen LogP contribution in [0.15, 0.2) is 72.8 Å². The molecule has 7 heteroatoms. The Hall–Kier alpha value is -3.19. The average molecular weight is 545 g/mol. The van der Waals surface area contributed by atoms with Gasteiger partial charge in [0.25, 0.3) is 0 Å². The molecule has 6 nitrogen and oxygen atoms in total. The maximum Gasteiger partial charge on any atom is 0.224 e. The van der Waals surface area contributed by atoms with E-state index in [1.54, 1.807) is 7.11 Å². The van der Waals surface area contributed by atoms with Gasteiger partial charge in [0.1, 0.15) is 5.82 Å². The summed E-state index contributed by atoms with van der Waals surface area (Å²) in [5.41, 5.74) is 11.8. The number of aromatic nitrogens is 2. The van der Waals surface area contributed by atoms with Crippen LogP contribution in [0.25, 0.3) is 22.2 Å². The molecular formula is C32H37ClN4O2. The van der Waals surface area contributed by atoms with E-state index < -0.39 is 0 Å². The van der Waals surface area contributed by atoms with E-state index >= 15 is 0 Å². The number of nitrogens with two attached hydrogens (primary N) is 1. The molecule has 2 N–H and O–H groups in total. The minimum atomic E-state index is -0.234. The molecule has 1 saturated heterocycles. The van der Waals surface area contributed by atoms with Crippen molar-refractivity contribution >= 4 is 28.5 Å². The minimum Gasteiger partial charge on any atom is -0.385 e. The van der Waals surface area contributed by atoms with Crippen LogP contribution in [-0.4, -0.2) is 53.2 Å². The third kappa shape index (κ3) is 6.52. The first kappa shape index (κ1) is 27.4. The predicted molar refractivity (Wildman–Crippen MR) is 158 cm³/mol. The highest BCUT2D eigenvalue weighted by Crippen LogP contribution is 2.31. The molecule has 3 aromatic carbocycles. The molecule has 0 aliphatic carbocycles. The lowest BCUT2D eigenvalue weighted by Gasteiger charge is -2.33. The maximum atomic E-state index is 13.3. The van der Waals surface area contributed by atoms with Crippen molar-refractivity contribution in [3.8, 4) is 11.1 Å². The number of nitrogens with zero attached hydrogens (tertiary/aromatic N) is 3. The lowest BCUT2D eigenvalue weighted by molar-refractivity contribution is -0.132. The summed E-state index contributed by atoms with van der Waals surface area (Å²) in [4.78, 5) is 20.3. The van der Waals surface area contributed by atoms with Gasteiger partial charge in [-0.3, -0.25) is 4.79 Å². The summed E-state index contributed by atoms with van der Waals surface area (Å²) in [5, 5.41) is 0.734. The van der Waals surface area contributed by atoms with E-state index in [9.17, 15) is 4.79 Å². The number of ether oxygens (including phenoxy) is 1. The van der Waals surface area contributed by atoms with E-state index in [0.717, 1.165) is 70.9 Å². The van der Waals surface area contributed by atoms with Gasteiger partial charge in [-0.2, -0.15) is 0 Å². The lowest BCUT2D eigenvalue weighted by Crippen LogP contribution is -2.42. The van der Waals surface area contributed by atoms with Crippen molar-refractivity contribution in [3.63, 3.8) is 0 Å². The van der Waals surface area contributed by atoms with Crippen LogP contribution in [0.5, 0.6) is 0 Å². The summed E-state index contributed by atoms with van der Waals surface area (Å²) >= 11 is 6.35. The zero-order chi connectivity index (χ0) is 27.2. The van der Waals surface area contributed by atoms with Crippen LogP contribution in [0.2, 0.25) is 5.02 Å². The van der Waals surface area contributed by atoms with Crippen LogP contribution in [0.3, 0.4) is 0 Å². The summed E-state index contributed by atoms with van der Waals surface area (Å²) in [6, 6.07) is 24.2. The van der Waals surface area contributed by atoms with E-state index in [2.05, 4.69) is 47.0 Å². The maximum absolute atomic E-state index is 13.3. The van der Waals surface area contributed by atoms with Gasteiger partial charge in [-0.05, 0) is 55.0 Å². The Balaban J connectivity index is 1.21. The molecule has 1 aliphatic rings. The second-order valence-corrected chi connectivity index (χ2v) is 10.9. The van der Waals surface area contributed by atoms with Crippen LogP contribution in [0, 0.1) is 0 Å². The van der Waals surface area contributed by atoms with Gasteiger partial charge in [0, 0.05) is 62.3 Å². The van der Waals surface area contributed by atoms with Gasteiger partial charge < -0.3 is 19.9 Å². The number of carbonyl (C=O) groups excluding carboxylic acids is 1. The van der Waals surface area contributed by atoms with E-state index in [1.165, 1.54) is 0 Å². The fourth-order valence-electron chi connectivity index (χ4n) is 5.67. The number of fused-ring (bicyclic) bond motifs is 1. The summed E-state index contributed by atoms with van der Waals surface area (Å²) in [6.07, 6.45) is 3.91. The quantitative estimate of drug-likeness (QED) is 0.246. The molecule has 2 heterocycles. The first-order chi connectivity index (χ1) is 19.0. The summed E-state index contributed by atoms with van der Waals surface area (Å²) < 4.78 is 7.62. The first-order valence-electron chi connectivity index (χ1n) is 13.8. The number of para-hydroxylation sites is 2. The third-order valence-corrected chi connectivity index (χ3v) is 7.96. The molecular weight excluding hydrogens is 508 g/mol. The monoisotopic (exact) mass is 544 g/mol. The number of aryl methyl sites for hydroxylation is 1. The number of rotatable bonds is 10. The topological polar surface area (TPSA) is 73.4 Å². The Labute approximate surface area is 235 Å². The number of hydrogen-bond acceptors (Lipinski definition) is 4. The largest absolute Gasteiger partial charge is 0.385 e. The molecule has 39 heavy (non-hydrogen) atoms. The highest BCUT2D eigenvalue weighted by atomic mass is 35.5. The summed E-state index contributed by atoms with van der Waals surface area (Å²) in [6.45, 7) is 3.03. The molecule has 1 amide bonds. The number of amides is 1. The fourth-order valence-corrected chi connectivity index (χ4v) is 5.91.